The molecule has 0 aromatic heterocycles. The van der Waals surface area contributed by atoms with E-state index >= 15 is 0 Å². The fourth-order valence-corrected chi connectivity index (χ4v) is 0.935. The monoisotopic (exact) mass is 167 g/mol. The van der Waals surface area contributed by atoms with Gasteiger partial charge in [0.2, 0.25) is 0 Å². The molecule has 0 aliphatic rings. The molecule has 66 valence electrons. The molecule has 0 amide bonds. The van der Waals surface area contributed by atoms with Crippen LogP contribution in [-0.4, -0.2) is 17.5 Å². The number of hydroxylamine groups is 2. The molecular weight excluding hydrogens is 154 g/mol. The molecule has 0 spiro atoms. The summed E-state index contributed by atoms with van der Waals surface area (Å²) in [6.07, 6.45) is 0. The number of nitrogens with zero attached hydrogens (tertiary/aromatic N) is 1. The van der Waals surface area contributed by atoms with Crippen molar-refractivity contribution < 1.29 is 10.0 Å². The van der Waals surface area contributed by atoms with E-state index in [-0.39, 0.29) is 0 Å². The van der Waals surface area contributed by atoms with Crippen molar-refractivity contribution >= 4 is 0 Å². The van der Waals surface area contributed by atoms with Crippen LogP contribution in [-0.2, 0) is 11.4 Å². The first-order chi connectivity index (χ1) is 5.70. The molecule has 0 radical (unpaired) electrons. The van der Waals surface area contributed by atoms with E-state index in [1.807, 2.05) is 31.2 Å². The third kappa shape index (κ3) is 2.62. The molecule has 0 bridgehead atoms. The van der Waals surface area contributed by atoms with Crippen LogP contribution in [0.4, 0.5) is 0 Å². The Labute approximate surface area is 72.1 Å². The van der Waals surface area contributed by atoms with Gasteiger partial charge in [0.15, 0.2) is 0 Å². The lowest BCUT2D eigenvalue weighted by Crippen LogP contribution is -2.13. The SMILES string of the molecule is Cc1ccccc1CON(C)O. The Morgan fingerprint density at radius 2 is 2.08 bits per heavy atom. The molecule has 3 nitrogen and oxygen atoms in total. The van der Waals surface area contributed by atoms with Crippen LogP contribution in [0.5, 0.6) is 0 Å². The summed E-state index contributed by atoms with van der Waals surface area (Å²) < 4.78 is 0. The zero-order chi connectivity index (χ0) is 8.97. The minimum absolute atomic E-state index is 0.402. The summed E-state index contributed by atoms with van der Waals surface area (Å²) in [4.78, 5) is 4.90. The highest BCUT2D eigenvalue weighted by Crippen LogP contribution is 2.07. The van der Waals surface area contributed by atoms with Crippen molar-refractivity contribution in [2.45, 2.75) is 13.5 Å². The number of hydrogen-bond acceptors (Lipinski definition) is 3. The average molecular weight is 167 g/mol. The van der Waals surface area contributed by atoms with Gasteiger partial charge in [0.25, 0.3) is 0 Å². The number of benzene rings is 1. The van der Waals surface area contributed by atoms with Crippen LogP contribution in [0.1, 0.15) is 11.1 Å². The fourth-order valence-electron chi connectivity index (χ4n) is 0.935. The molecule has 12 heavy (non-hydrogen) atoms. The molecule has 1 aromatic rings. The third-order valence-corrected chi connectivity index (χ3v) is 1.67. The zero-order valence-electron chi connectivity index (χ0n) is 7.32. The van der Waals surface area contributed by atoms with Crippen molar-refractivity contribution in [2.24, 2.45) is 0 Å². The van der Waals surface area contributed by atoms with Crippen molar-refractivity contribution in [3.05, 3.63) is 35.4 Å². The summed E-state index contributed by atoms with van der Waals surface area (Å²) >= 11 is 0. The van der Waals surface area contributed by atoms with Crippen molar-refractivity contribution in [3.8, 4) is 0 Å². The standard InChI is InChI=1S/C9H13NO2/c1-8-5-3-4-6-9(8)7-12-10(2)11/h3-6,11H,7H2,1-2H3. The van der Waals surface area contributed by atoms with E-state index in [0.29, 0.717) is 11.8 Å². The molecule has 1 aromatic carbocycles. The summed E-state index contributed by atoms with van der Waals surface area (Å²) in [5.74, 6) is 0. The first-order valence-electron chi connectivity index (χ1n) is 3.80. The van der Waals surface area contributed by atoms with E-state index < -0.39 is 0 Å². The molecule has 1 rings (SSSR count). The predicted molar refractivity (Wildman–Crippen MR) is 45.5 cm³/mol. The van der Waals surface area contributed by atoms with Gasteiger partial charge in [-0.05, 0) is 18.1 Å². The van der Waals surface area contributed by atoms with Crippen molar-refractivity contribution in [3.63, 3.8) is 0 Å². The summed E-state index contributed by atoms with van der Waals surface area (Å²) in [5.41, 5.74) is 2.25. The van der Waals surface area contributed by atoms with Crippen LogP contribution in [0.3, 0.4) is 0 Å². The van der Waals surface area contributed by atoms with Gasteiger partial charge in [-0.3, -0.25) is 10.0 Å². The molecule has 0 aliphatic carbocycles. The topological polar surface area (TPSA) is 32.7 Å². The maximum absolute atomic E-state index is 8.72. The number of rotatable bonds is 3. The Morgan fingerprint density at radius 1 is 1.42 bits per heavy atom. The second-order valence-electron chi connectivity index (χ2n) is 2.66. The summed E-state index contributed by atoms with van der Waals surface area (Å²) in [7, 11) is 1.44. The summed E-state index contributed by atoms with van der Waals surface area (Å²) in [6, 6.07) is 7.90. The van der Waals surface area contributed by atoms with E-state index in [2.05, 4.69) is 0 Å². The molecule has 0 fully saturated rings. The summed E-state index contributed by atoms with van der Waals surface area (Å²) in [5, 5.41) is 9.43. The quantitative estimate of drug-likeness (QED) is 0.696. The van der Waals surface area contributed by atoms with E-state index in [4.69, 9.17) is 10.0 Å². The van der Waals surface area contributed by atoms with E-state index in [1.54, 1.807) is 0 Å². The first-order valence-corrected chi connectivity index (χ1v) is 3.80. The minimum atomic E-state index is 0.402. The molecule has 0 saturated heterocycles. The maximum Gasteiger partial charge on any atom is 0.0964 e. The molecule has 1 N–H and O–H groups in total. The van der Waals surface area contributed by atoms with Gasteiger partial charge in [-0.1, -0.05) is 29.5 Å². The number of hydrogen-bond donors (Lipinski definition) is 1. The normalized spacial score (nSPS) is 10.7. The second kappa shape index (κ2) is 4.21. The van der Waals surface area contributed by atoms with Gasteiger partial charge in [-0.25, -0.2) is 0 Å². The largest absolute Gasteiger partial charge is 0.290 e. The Morgan fingerprint density at radius 3 is 2.67 bits per heavy atom. The Hall–Kier alpha value is -0.900. The lowest BCUT2D eigenvalue weighted by atomic mass is 10.1. The second-order valence-corrected chi connectivity index (χ2v) is 2.66. The maximum atomic E-state index is 8.72. The van der Waals surface area contributed by atoms with Crippen LogP contribution < -0.4 is 0 Å². The van der Waals surface area contributed by atoms with Gasteiger partial charge in [0.1, 0.15) is 0 Å². The molecule has 0 saturated carbocycles. The minimum Gasteiger partial charge on any atom is -0.290 e. The highest BCUT2D eigenvalue weighted by molar-refractivity contribution is 5.24. The van der Waals surface area contributed by atoms with Crippen molar-refractivity contribution in [2.75, 3.05) is 7.05 Å². The molecule has 0 atom stereocenters. The fraction of sp³-hybridized carbons (Fsp3) is 0.333. The number of aryl methyl sites for hydroxylation is 1. The van der Waals surface area contributed by atoms with Crippen LogP contribution in [0.2, 0.25) is 0 Å². The van der Waals surface area contributed by atoms with Crippen molar-refractivity contribution in [1.29, 1.82) is 0 Å². The third-order valence-electron chi connectivity index (χ3n) is 1.67. The zero-order valence-corrected chi connectivity index (χ0v) is 7.32. The van der Waals surface area contributed by atoms with E-state index in [0.717, 1.165) is 5.56 Å². The first kappa shape index (κ1) is 9.19. The van der Waals surface area contributed by atoms with Crippen LogP contribution in [0.25, 0.3) is 0 Å². The highest BCUT2D eigenvalue weighted by atomic mass is 16.9. The van der Waals surface area contributed by atoms with Gasteiger partial charge < -0.3 is 0 Å². The van der Waals surface area contributed by atoms with Gasteiger partial charge >= 0.3 is 0 Å². The van der Waals surface area contributed by atoms with E-state index in [1.165, 1.54) is 12.6 Å². The van der Waals surface area contributed by atoms with Gasteiger partial charge in [0, 0.05) is 7.05 Å². The molecular formula is C9H13NO2. The Balaban J connectivity index is 2.57. The Bertz CT molecular complexity index is 248. The van der Waals surface area contributed by atoms with Gasteiger partial charge in [-0.15, -0.1) is 0 Å². The van der Waals surface area contributed by atoms with Crippen LogP contribution in [0.15, 0.2) is 24.3 Å². The van der Waals surface area contributed by atoms with Gasteiger partial charge in [0.05, 0.1) is 6.61 Å². The molecule has 3 heteroatoms. The summed E-state index contributed by atoms with van der Waals surface area (Å²) in [6.45, 7) is 2.41. The lowest BCUT2D eigenvalue weighted by molar-refractivity contribution is -0.330. The van der Waals surface area contributed by atoms with Gasteiger partial charge in [-0.2, -0.15) is 0 Å². The highest BCUT2D eigenvalue weighted by Gasteiger charge is 1.97. The van der Waals surface area contributed by atoms with E-state index in [9.17, 15) is 0 Å². The lowest BCUT2D eigenvalue weighted by Gasteiger charge is -2.09. The molecule has 0 unspecified atom stereocenters. The predicted octanol–water partition coefficient (Wildman–Crippen LogP) is 1.75. The molecule has 0 heterocycles. The molecule has 0 aliphatic heterocycles. The van der Waals surface area contributed by atoms with Crippen LogP contribution >= 0.6 is 0 Å². The smallest absolute Gasteiger partial charge is 0.0964 e. The average Bonchev–Trinajstić information content (AvgIpc) is 2.03. The Kier molecular flexibility index (Phi) is 3.22. The van der Waals surface area contributed by atoms with Crippen molar-refractivity contribution in [1.82, 2.24) is 5.23 Å². The van der Waals surface area contributed by atoms with Crippen LogP contribution in [0, 0.1) is 6.92 Å².